The molecule has 1 aliphatic heterocycles. The summed E-state index contributed by atoms with van der Waals surface area (Å²) in [7, 11) is 0. The number of carbonyl (C=O) groups is 1. The van der Waals surface area contributed by atoms with E-state index in [1.807, 2.05) is 0 Å². The third-order valence-corrected chi connectivity index (χ3v) is 16.4. The number of amides is 1. The molecule has 1 amide bonds. The van der Waals surface area contributed by atoms with Gasteiger partial charge >= 0.3 is 0 Å². The van der Waals surface area contributed by atoms with Gasteiger partial charge in [-0.15, -0.1) is 0 Å². The minimum absolute atomic E-state index is 0.267. The van der Waals surface area contributed by atoms with Gasteiger partial charge in [0, 0.05) is 0 Å². The van der Waals surface area contributed by atoms with Gasteiger partial charge in [0.25, 0.3) is 0 Å². The minimum Gasteiger partial charge on any atom is -0.394 e. The zero-order valence-corrected chi connectivity index (χ0v) is 49.3. The van der Waals surface area contributed by atoms with Crippen molar-refractivity contribution in [2.45, 2.75) is 390 Å². The molecule has 11 nitrogen and oxygen atoms in total. The van der Waals surface area contributed by atoms with E-state index in [2.05, 4.69) is 19.2 Å². The zero-order chi connectivity index (χ0) is 54.7. The molecule has 1 fully saturated rings. The van der Waals surface area contributed by atoms with Crippen LogP contribution in [-0.2, 0) is 14.3 Å². The van der Waals surface area contributed by atoms with E-state index < -0.39 is 74.2 Å². The molecule has 1 heterocycles. The predicted molar refractivity (Wildman–Crippen MR) is 312 cm³/mol. The van der Waals surface area contributed by atoms with Crippen LogP contribution in [0.4, 0.5) is 0 Å². The molecule has 0 aromatic rings. The first kappa shape index (κ1) is 72.1. The predicted octanol–water partition coefficient (Wildman–Crippen LogP) is 14.9. The van der Waals surface area contributed by atoms with Gasteiger partial charge in [0.15, 0.2) is 6.29 Å². The molecule has 9 atom stereocenters. The maximum Gasteiger partial charge on any atom is 0.249 e. The number of carbonyl (C=O) groups excluding carboxylic acids is 1. The van der Waals surface area contributed by atoms with Crippen LogP contribution in [0, 0.1) is 0 Å². The van der Waals surface area contributed by atoms with Gasteiger partial charge in [0.2, 0.25) is 5.91 Å². The summed E-state index contributed by atoms with van der Waals surface area (Å²) in [6.07, 6.45) is 52.1. The van der Waals surface area contributed by atoms with E-state index >= 15 is 0 Å². The second-order valence-corrected chi connectivity index (χ2v) is 23.6. The number of hydrogen-bond donors (Lipinski definition) is 8. The third-order valence-electron chi connectivity index (χ3n) is 16.4. The molecule has 0 aliphatic carbocycles. The maximum absolute atomic E-state index is 13.2. The van der Waals surface area contributed by atoms with E-state index in [0.717, 1.165) is 38.5 Å². The fourth-order valence-corrected chi connectivity index (χ4v) is 11.1. The number of ether oxygens (including phenoxy) is 2. The molecule has 75 heavy (non-hydrogen) atoms. The summed E-state index contributed by atoms with van der Waals surface area (Å²) >= 11 is 0. The standard InChI is InChI=1S/C64H127NO10/c1-3-5-7-9-11-13-15-17-18-19-20-21-22-23-24-25-26-27-28-29-30-31-32-33-34-35-36-37-38-39-40-42-44-46-48-50-52-57(68)63(73)65-55(54-74-64-62(72)61(71)60(70)58(53-66)75-64)59(69)56(67)51-49-47-45-43-41-16-14-12-10-8-6-4-2/h55-62,64,66-72H,3-54H2,1-2H3,(H,65,73). The number of nitrogens with one attached hydrogen (secondary N) is 1. The molecular weight excluding hydrogens is 943 g/mol. The highest BCUT2D eigenvalue weighted by molar-refractivity contribution is 5.80. The molecular formula is C64H127NO10. The van der Waals surface area contributed by atoms with Gasteiger partial charge in [-0.25, -0.2) is 0 Å². The van der Waals surface area contributed by atoms with Crippen LogP contribution in [-0.4, -0.2) is 110 Å². The Morgan fingerprint density at radius 3 is 0.987 bits per heavy atom. The first-order valence-electron chi connectivity index (χ1n) is 32.9. The fourth-order valence-electron chi connectivity index (χ4n) is 11.1. The van der Waals surface area contributed by atoms with Crippen molar-refractivity contribution in [1.29, 1.82) is 0 Å². The summed E-state index contributed by atoms with van der Waals surface area (Å²) in [5.74, 6) is -0.690. The molecule has 9 unspecified atom stereocenters. The summed E-state index contributed by atoms with van der Waals surface area (Å²) in [6.45, 7) is 3.48. The van der Waals surface area contributed by atoms with Crippen molar-refractivity contribution in [2.24, 2.45) is 0 Å². The molecule has 0 spiro atoms. The molecule has 11 heteroatoms. The monoisotopic (exact) mass is 1070 g/mol. The molecule has 0 radical (unpaired) electrons. The highest BCUT2D eigenvalue weighted by Gasteiger charge is 2.44. The average molecular weight is 1070 g/mol. The SMILES string of the molecule is CCCCCCCCCCCCCCCCCCCCCCCCCCCCCCCCCCCCCCC(O)C(=O)NC(COC1OC(CO)C(O)C(O)C1O)C(O)C(O)CCCCCCCCCCCCCC. The molecule has 1 aliphatic rings. The number of unbranched alkanes of at least 4 members (excludes halogenated alkanes) is 46. The Morgan fingerprint density at radius 1 is 0.413 bits per heavy atom. The molecule has 448 valence electrons. The lowest BCUT2D eigenvalue weighted by Gasteiger charge is -2.40. The lowest BCUT2D eigenvalue weighted by atomic mass is 9.98. The Hall–Kier alpha value is -0.890. The Kier molecular flexibility index (Phi) is 51.7. The van der Waals surface area contributed by atoms with Gasteiger partial charge in [-0.1, -0.05) is 322 Å². The number of rotatable bonds is 58. The number of hydrogen-bond acceptors (Lipinski definition) is 10. The van der Waals surface area contributed by atoms with Gasteiger partial charge in [-0.2, -0.15) is 0 Å². The van der Waals surface area contributed by atoms with Crippen LogP contribution >= 0.6 is 0 Å². The van der Waals surface area contributed by atoms with Crippen molar-refractivity contribution in [3.63, 3.8) is 0 Å². The van der Waals surface area contributed by atoms with Crippen molar-refractivity contribution in [3.8, 4) is 0 Å². The summed E-state index contributed by atoms with van der Waals surface area (Å²) in [5.41, 5.74) is 0. The van der Waals surface area contributed by atoms with E-state index in [9.17, 15) is 40.5 Å². The summed E-state index contributed by atoms with van der Waals surface area (Å²) in [5, 5.41) is 76.1. The Morgan fingerprint density at radius 2 is 0.693 bits per heavy atom. The van der Waals surface area contributed by atoms with Crippen LogP contribution in [0.15, 0.2) is 0 Å². The van der Waals surface area contributed by atoms with Crippen LogP contribution in [0.25, 0.3) is 0 Å². The topological polar surface area (TPSA) is 189 Å². The second kappa shape index (κ2) is 53.7. The highest BCUT2D eigenvalue weighted by Crippen LogP contribution is 2.24. The van der Waals surface area contributed by atoms with Crippen LogP contribution in [0.2, 0.25) is 0 Å². The molecule has 0 aromatic heterocycles. The second-order valence-electron chi connectivity index (χ2n) is 23.6. The lowest BCUT2D eigenvalue weighted by Crippen LogP contribution is -2.60. The molecule has 1 rings (SSSR count). The molecule has 0 aromatic carbocycles. The van der Waals surface area contributed by atoms with Crippen molar-refractivity contribution in [2.75, 3.05) is 13.2 Å². The van der Waals surface area contributed by atoms with Crippen molar-refractivity contribution in [3.05, 3.63) is 0 Å². The van der Waals surface area contributed by atoms with Gasteiger partial charge in [0.1, 0.15) is 36.6 Å². The van der Waals surface area contributed by atoms with E-state index in [1.165, 1.54) is 257 Å². The summed E-state index contributed by atoms with van der Waals surface area (Å²) in [4.78, 5) is 13.2. The van der Waals surface area contributed by atoms with Gasteiger partial charge in [-0.3, -0.25) is 4.79 Å². The average Bonchev–Trinajstić information content (AvgIpc) is 3.41. The number of aliphatic hydroxyl groups is 7. The van der Waals surface area contributed by atoms with Crippen LogP contribution in [0.3, 0.4) is 0 Å². The van der Waals surface area contributed by atoms with E-state index in [1.54, 1.807) is 0 Å². The van der Waals surface area contributed by atoms with Gasteiger partial charge in [0.05, 0.1) is 25.4 Å². The fraction of sp³-hybridized carbons (Fsp3) is 0.984. The summed E-state index contributed by atoms with van der Waals surface area (Å²) < 4.78 is 11.1. The Bertz CT molecular complexity index is 1180. The lowest BCUT2D eigenvalue weighted by molar-refractivity contribution is -0.303. The van der Waals surface area contributed by atoms with Gasteiger partial charge in [-0.05, 0) is 12.8 Å². The van der Waals surface area contributed by atoms with Crippen molar-refractivity contribution in [1.82, 2.24) is 5.32 Å². The first-order valence-corrected chi connectivity index (χ1v) is 32.9. The quantitative estimate of drug-likeness (QED) is 0.0272. The van der Waals surface area contributed by atoms with Crippen LogP contribution in [0.1, 0.15) is 335 Å². The normalized spacial score (nSPS) is 19.6. The smallest absolute Gasteiger partial charge is 0.249 e. The molecule has 0 bridgehead atoms. The summed E-state index contributed by atoms with van der Waals surface area (Å²) in [6, 6.07) is -1.16. The number of aliphatic hydroxyl groups excluding tert-OH is 7. The largest absolute Gasteiger partial charge is 0.394 e. The highest BCUT2D eigenvalue weighted by atomic mass is 16.7. The molecule has 0 saturated carbocycles. The van der Waals surface area contributed by atoms with E-state index in [0.29, 0.717) is 19.3 Å². The van der Waals surface area contributed by atoms with E-state index in [-0.39, 0.29) is 6.42 Å². The van der Waals surface area contributed by atoms with Crippen molar-refractivity contribution >= 4 is 5.91 Å². The van der Waals surface area contributed by atoms with Crippen LogP contribution < -0.4 is 5.32 Å². The third kappa shape index (κ3) is 41.7. The van der Waals surface area contributed by atoms with E-state index in [4.69, 9.17) is 9.47 Å². The van der Waals surface area contributed by atoms with Crippen LogP contribution in [0.5, 0.6) is 0 Å². The Balaban J connectivity index is 2.09. The molecule has 8 N–H and O–H groups in total. The Labute approximate surface area is 462 Å². The minimum atomic E-state index is -1.66. The van der Waals surface area contributed by atoms with Gasteiger partial charge < -0.3 is 50.5 Å². The maximum atomic E-state index is 13.2. The van der Waals surface area contributed by atoms with Crippen molar-refractivity contribution < 1.29 is 50.0 Å². The first-order chi connectivity index (χ1) is 36.7. The zero-order valence-electron chi connectivity index (χ0n) is 49.3. The molecule has 1 saturated heterocycles.